The second kappa shape index (κ2) is 18.5. The van der Waals surface area contributed by atoms with E-state index in [1.54, 1.807) is 0 Å². The van der Waals surface area contributed by atoms with Crippen molar-refractivity contribution in [2.75, 3.05) is 20.6 Å². The van der Waals surface area contributed by atoms with Crippen LogP contribution in [-0.4, -0.2) is 25.5 Å². The van der Waals surface area contributed by atoms with Gasteiger partial charge in [0.15, 0.2) is 0 Å². The molecule has 22 heavy (non-hydrogen) atoms. The molecule has 0 aromatic rings. The first kappa shape index (κ1) is 21.4. The largest absolute Gasteiger partial charge is 0.306 e. The minimum absolute atomic E-state index is 1.03. The van der Waals surface area contributed by atoms with Crippen LogP contribution in [0.2, 0.25) is 0 Å². The van der Waals surface area contributed by atoms with Crippen LogP contribution in [0.15, 0.2) is 24.3 Å². The second-order valence-corrected chi connectivity index (χ2v) is 6.80. The van der Waals surface area contributed by atoms with E-state index in [0.29, 0.717) is 0 Å². The fourth-order valence-corrected chi connectivity index (χ4v) is 2.63. The minimum Gasteiger partial charge on any atom is -0.306 e. The van der Waals surface area contributed by atoms with Crippen LogP contribution in [0.25, 0.3) is 0 Å². The van der Waals surface area contributed by atoms with E-state index in [-0.39, 0.29) is 0 Å². The third-order valence-electron chi connectivity index (χ3n) is 4.08. The summed E-state index contributed by atoms with van der Waals surface area (Å²) < 4.78 is 0. The van der Waals surface area contributed by atoms with Gasteiger partial charge in [-0.3, -0.25) is 0 Å². The van der Waals surface area contributed by atoms with E-state index >= 15 is 0 Å². The zero-order valence-corrected chi connectivity index (χ0v) is 15.7. The first-order chi connectivity index (χ1) is 10.8. The SMILES string of the molecule is CCCCCCCCCCCCCCC=CC=CCN(C)C. The Labute approximate surface area is 140 Å². The minimum atomic E-state index is 1.03. The van der Waals surface area contributed by atoms with Gasteiger partial charge >= 0.3 is 0 Å². The van der Waals surface area contributed by atoms with E-state index in [1.807, 2.05) is 0 Å². The molecule has 0 unspecified atom stereocenters. The van der Waals surface area contributed by atoms with Crippen molar-refractivity contribution < 1.29 is 0 Å². The lowest BCUT2D eigenvalue weighted by Crippen LogP contribution is -2.10. The average molecular weight is 308 g/mol. The lowest BCUT2D eigenvalue weighted by atomic mass is 10.0. The number of hydrogen-bond acceptors (Lipinski definition) is 1. The highest BCUT2D eigenvalue weighted by atomic mass is 15.0. The van der Waals surface area contributed by atoms with E-state index in [2.05, 4.69) is 50.2 Å². The van der Waals surface area contributed by atoms with Gasteiger partial charge in [-0.25, -0.2) is 0 Å². The summed E-state index contributed by atoms with van der Waals surface area (Å²) in [6, 6.07) is 0. The maximum absolute atomic E-state index is 2.31. The van der Waals surface area contributed by atoms with Crippen molar-refractivity contribution >= 4 is 0 Å². The molecule has 130 valence electrons. The van der Waals surface area contributed by atoms with Crippen molar-refractivity contribution in [3.63, 3.8) is 0 Å². The molecule has 0 aromatic carbocycles. The number of hydrogen-bond donors (Lipinski definition) is 0. The normalized spacial score (nSPS) is 12.2. The molecule has 0 amide bonds. The molecule has 0 aliphatic heterocycles. The molecule has 0 aliphatic carbocycles. The summed E-state index contributed by atoms with van der Waals surface area (Å²) in [7, 11) is 4.20. The van der Waals surface area contributed by atoms with Gasteiger partial charge in [-0.2, -0.15) is 0 Å². The van der Waals surface area contributed by atoms with Crippen LogP contribution in [0.1, 0.15) is 90.4 Å². The topological polar surface area (TPSA) is 3.24 Å². The Morgan fingerprint density at radius 1 is 0.591 bits per heavy atom. The van der Waals surface area contributed by atoms with Gasteiger partial charge in [0.25, 0.3) is 0 Å². The predicted octanol–water partition coefficient (Wildman–Crippen LogP) is 6.75. The Balaban J connectivity index is 3.11. The van der Waals surface area contributed by atoms with Crippen LogP contribution in [0.5, 0.6) is 0 Å². The molecule has 0 heterocycles. The number of unbranched alkanes of at least 4 members (excludes halogenated alkanes) is 12. The fraction of sp³-hybridized carbons (Fsp3) is 0.810. The van der Waals surface area contributed by atoms with E-state index in [1.165, 1.54) is 83.5 Å². The first-order valence-electron chi connectivity index (χ1n) is 9.73. The summed E-state index contributed by atoms with van der Waals surface area (Å²) in [4.78, 5) is 2.18. The highest BCUT2D eigenvalue weighted by Gasteiger charge is 1.92. The number of rotatable bonds is 16. The molecule has 0 atom stereocenters. The number of allylic oxidation sites excluding steroid dienone is 3. The number of likely N-dealkylation sites (N-methyl/N-ethyl adjacent to an activating group) is 1. The van der Waals surface area contributed by atoms with Crippen molar-refractivity contribution in [3.8, 4) is 0 Å². The molecule has 0 bridgehead atoms. The zero-order chi connectivity index (χ0) is 16.3. The Hall–Kier alpha value is -0.560. The van der Waals surface area contributed by atoms with Gasteiger partial charge in [-0.15, -0.1) is 0 Å². The summed E-state index contributed by atoms with van der Waals surface area (Å²) in [6.45, 7) is 3.32. The molecule has 0 radical (unpaired) electrons. The molecule has 0 N–H and O–H groups in total. The lowest BCUT2D eigenvalue weighted by Gasteiger charge is -2.02. The highest BCUT2D eigenvalue weighted by Crippen LogP contribution is 2.12. The van der Waals surface area contributed by atoms with Crippen molar-refractivity contribution in [1.29, 1.82) is 0 Å². The summed E-state index contributed by atoms with van der Waals surface area (Å²) in [5.74, 6) is 0. The maximum Gasteiger partial charge on any atom is 0.0160 e. The van der Waals surface area contributed by atoms with Gasteiger partial charge in [0.1, 0.15) is 0 Å². The molecule has 0 rings (SSSR count). The van der Waals surface area contributed by atoms with E-state index in [4.69, 9.17) is 0 Å². The van der Waals surface area contributed by atoms with Crippen molar-refractivity contribution in [2.45, 2.75) is 90.4 Å². The molecule has 1 nitrogen and oxygen atoms in total. The Morgan fingerprint density at radius 2 is 1.05 bits per heavy atom. The molecule has 0 saturated carbocycles. The van der Waals surface area contributed by atoms with Gasteiger partial charge in [0.05, 0.1) is 0 Å². The predicted molar refractivity (Wildman–Crippen MR) is 103 cm³/mol. The molecule has 0 saturated heterocycles. The van der Waals surface area contributed by atoms with Crippen LogP contribution >= 0.6 is 0 Å². The molecule has 0 spiro atoms. The summed E-state index contributed by atoms with van der Waals surface area (Å²) >= 11 is 0. The molecule has 0 aromatic heterocycles. The number of nitrogens with zero attached hydrogens (tertiary/aromatic N) is 1. The molecule has 0 fully saturated rings. The second-order valence-electron chi connectivity index (χ2n) is 6.80. The monoisotopic (exact) mass is 307 g/mol. The Bertz CT molecular complexity index is 253. The first-order valence-corrected chi connectivity index (χ1v) is 9.73. The standard InChI is InChI=1S/C21H41N/c1-4-5-6-7-8-9-10-11-12-13-14-15-16-17-18-19-20-21-22(2)3/h17-20H,4-16,21H2,1-3H3. The highest BCUT2D eigenvalue weighted by molar-refractivity contribution is 5.02. The summed E-state index contributed by atoms with van der Waals surface area (Å²) in [5.41, 5.74) is 0. The van der Waals surface area contributed by atoms with Crippen LogP contribution in [0, 0.1) is 0 Å². The van der Waals surface area contributed by atoms with Crippen LogP contribution in [-0.2, 0) is 0 Å². The third kappa shape index (κ3) is 19.4. The van der Waals surface area contributed by atoms with Crippen LogP contribution < -0.4 is 0 Å². The molecular formula is C21H41N. The summed E-state index contributed by atoms with van der Waals surface area (Å²) in [6.07, 6.45) is 27.3. The van der Waals surface area contributed by atoms with Crippen molar-refractivity contribution in [1.82, 2.24) is 4.90 Å². The lowest BCUT2D eigenvalue weighted by molar-refractivity contribution is 0.456. The van der Waals surface area contributed by atoms with E-state index in [9.17, 15) is 0 Å². The van der Waals surface area contributed by atoms with Crippen molar-refractivity contribution in [3.05, 3.63) is 24.3 Å². The van der Waals surface area contributed by atoms with Gasteiger partial charge in [-0.05, 0) is 26.9 Å². The Kier molecular flexibility index (Phi) is 18.0. The van der Waals surface area contributed by atoms with Gasteiger partial charge in [0.2, 0.25) is 0 Å². The molecular weight excluding hydrogens is 266 g/mol. The fourth-order valence-electron chi connectivity index (χ4n) is 2.63. The van der Waals surface area contributed by atoms with Crippen LogP contribution in [0.4, 0.5) is 0 Å². The maximum atomic E-state index is 2.31. The van der Waals surface area contributed by atoms with E-state index in [0.717, 1.165) is 6.54 Å². The van der Waals surface area contributed by atoms with Crippen molar-refractivity contribution in [2.24, 2.45) is 0 Å². The van der Waals surface area contributed by atoms with Gasteiger partial charge in [0, 0.05) is 6.54 Å². The smallest absolute Gasteiger partial charge is 0.0160 e. The quantitative estimate of drug-likeness (QED) is 0.225. The third-order valence-corrected chi connectivity index (χ3v) is 4.08. The van der Waals surface area contributed by atoms with E-state index < -0.39 is 0 Å². The van der Waals surface area contributed by atoms with Crippen LogP contribution in [0.3, 0.4) is 0 Å². The van der Waals surface area contributed by atoms with Gasteiger partial charge < -0.3 is 4.90 Å². The zero-order valence-electron chi connectivity index (χ0n) is 15.7. The molecule has 0 aliphatic rings. The summed E-state index contributed by atoms with van der Waals surface area (Å²) in [5, 5.41) is 0. The average Bonchev–Trinajstić information content (AvgIpc) is 2.50. The van der Waals surface area contributed by atoms with Gasteiger partial charge in [-0.1, -0.05) is 102 Å². The molecule has 1 heteroatoms. The Morgan fingerprint density at radius 3 is 1.55 bits per heavy atom.